The van der Waals surface area contributed by atoms with E-state index in [0.29, 0.717) is 6.42 Å². The highest BCUT2D eigenvalue weighted by atomic mass is 35.5. The molecule has 0 fully saturated rings. The molecule has 80 valence electrons. The predicted octanol–water partition coefficient (Wildman–Crippen LogP) is 1.17. The Hall–Kier alpha value is -1.73. The third kappa shape index (κ3) is 4.34. The second kappa shape index (κ2) is 6.68. The van der Waals surface area contributed by atoms with Gasteiger partial charge in [-0.25, -0.2) is 4.79 Å². The summed E-state index contributed by atoms with van der Waals surface area (Å²) < 4.78 is 0. The quantitative estimate of drug-likeness (QED) is 0.597. The number of benzene rings is 1. The molecule has 0 bridgehead atoms. The lowest BCUT2D eigenvalue weighted by Crippen LogP contribution is -2.35. The van der Waals surface area contributed by atoms with E-state index in [2.05, 4.69) is 5.32 Å². The second-order valence-corrected chi connectivity index (χ2v) is 2.84. The van der Waals surface area contributed by atoms with Crippen molar-refractivity contribution < 1.29 is 9.90 Å². The molecule has 0 saturated heterocycles. The van der Waals surface area contributed by atoms with Crippen molar-refractivity contribution in [2.24, 2.45) is 0 Å². The molecule has 0 aromatic heterocycles. The number of nitriles is 1. The van der Waals surface area contributed by atoms with Gasteiger partial charge in [-0.2, -0.15) is 5.26 Å². The van der Waals surface area contributed by atoms with E-state index >= 15 is 0 Å². The Morgan fingerprint density at radius 3 is 2.53 bits per heavy atom. The molecule has 15 heavy (non-hydrogen) atoms. The molecule has 4 nitrogen and oxygen atoms in total. The number of nitrogens with one attached hydrogen (secondary N) is 1. The third-order valence-corrected chi connectivity index (χ3v) is 1.82. The van der Waals surface area contributed by atoms with Crippen molar-refractivity contribution in [3.05, 3.63) is 35.9 Å². The van der Waals surface area contributed by atoms with Crippen LogP contribution in [0.3, 0.4) is 0 Å². The summed E-state index contributed by atoms with van der Waals surface area (Å²) in [5, 5.41) is 19.3. The van der Waals surface area contributed by atoms with E-state index in [0.717, 1.165) is 5.56 Å². The number of hydrogen-bond acceptors (Lipinski definition) is 3. The van der Waals surface area contributed by atoms with Gasteiger partial charge >= 0.3 is 5.97 Å². The molecule has 0 unspecified atom stereocenters. The van der Waals surface area contributed by atoms with Crippen molar-refractivity contribution >= 4 is 18.4 Å². The average molecular weight is 227 g/mol. The Balaban J connectivity index is 0.00000196. The molecule has 0 amide bonds. The van der Waals surface area contributed by atoms with Crippen LogP contribution in [0.5, 0.6) is 0 Å². The highest BCUT2D eigenvalue weighted by Gasteiger charge is 2.16. The molecule has 0 radical (unpaired) electrons. The van der Waals surface area contributed by atoms with Gasteiger partial charge in [-0.1, -0.05) is 30.3 Å². The van der Waals surface area contributed by atoms with Crippen molar-refractivity contribution in [1.29, 1.82) is 5.26 Å². The molecular formula is C10H11ClN2O2. The van der Waals surface area contributed by atoms with E-state index < -0.39 is 12.0 Å². The van der Waals surface area contributed by atoms with Crippen LogP contribution in [0.25, 0.3) is 0 Å². The van der Waals surface area contributed by atoms with Crippen LogP contribution in [0, 0.1) is 11.5 Å². The second-order valence-electron chi connectivity index (χ2n) is 2.84. The average Bonchev–Trinajstić information content (AvgIpc) is 2.18. The van der Waals surface area contributed by atoms with Gasteiger partial charge in [-0.05, 0) is 5.56 Å². The number of carbonyl (C=O) groups is 1. The van der Waals surface area contributed by atoms with E-state index in [1.165, 1.54) is 0 Å². The summed E-state index contributed by atoms with van der Waals surface area (Å²) >= 11 is 0. The van der Waals surface area contributed by atoms with E-state index in [1.54, 1.807) is 6.19 Å². The fourth-order valence-corrected chi connectivity index (χ4v) is 1.13. The predicted molar refractivity (Wildman–Crippen MR) is 57.6 cm³/mol. The minimum atomic E-state index is -1.02. The number of hydrogen-bond donors (Lipinski definition) is 2. The first-order valence-electron chi connectivity index (χ1n) is 4.15. The summed E-state index contributed by atoms with van der Waals surface area (Å²) in [7, 11) is 0. The first-order chi connectivity index (χ1) is 6.74. The molecule has 0 aliphatic rings. The number of nitrogens with zero attached hydrogens (tertiary/aromatic N) is 1. The summed E-state index contributed by atoms with van der Waals surface area (Å²) in [6.45, 7) is 0. The van der Waals surface area contributed by atoms with Crippen molar-refractivity contribution in [3.63, 3.8) is 0 Å². The zero-order chi connectivity index (χ0) is 10.4. The van der Waals surface area contributed by atoms with Gasteiger partial charge in [0.15, 0.2) is 6.19 Å². The van der Waals surface area contributed by atoms with Gasteiger partial charge < -0.3 is 10.4 Å². The van der Waals surface area contributed by atoms with E-state index in [9.17, 15) is 4.79 Å². The van der Waals surface area contributed by atoms with E-state index in [-0.39, 0.29) is 12.4 Å². The molecule has 1 aromatic rings. The Morgan fingerprint density at radius 1 is 1.47 bits per heavy atom. The molecule has 0 spiro atoms. The van der Waals surface area contributed by atoms with Gasteiger partial charge in [0.1, 0.15) is 6.04 Å². The van der Waals surface area contributed by atoms with Crippen LogP contribution >= 0.6 is 12.4 Å². The highest BCUT2D eigenvalue weighted by molar-refractivity contribution is 5.85. The van der Waals surface area contributed by atoms with Crippen LogP contribution in [0.4, 0.5) is 0 Å². The number of rotatable bonds is 4. The maximum absolute atomic E-state index is 10.7. The summed E-state index contributed by atoms with van der Waals surface area (Å²) in [5.41, 5.74) is 0.891. The van der Waals surface area contributed by atoms with Crippen LogP contribution in [0.2, 0.25) is 0 Å². The van der Waals surface area contributed by atoms with Gasteiger partial charge in [-0.15, -0.1) is 12.4 Å². The fourth-order valence-electron chi connectivity index (χ4n) is 1.13. The van der Waals surface area contributed by atoms with Crippen LogP contribution in [-0.4, -0.2) is 17.1 Å². The van der Waals surface area contributed by atoms with Crippen LogP contribution < -0.4 is 5.32 Å². The van der Waals surface area contributed by atoms with Crippen LogP contribution in [0.15, 0.2) is 30.3 Å². The summed E-state index contributed by atoms with van der Waals surface area (Å²) in [6.07, 6.45) is 1.95. The number of carboxylic acids is 1. The third-order valence-electron chi connectivity index (χ3n) is 1.82. The Labute approximate surface area is 93.9 Å². The molecule has 5 heteroatoms. The lowest BCUT2D eigenvalue weighted by molar-refractivity contribution is -0.139. The molecule has 1 rings (SSSR count). The Kier molecular flexibility index (Phi) is 5.91. The standard InChI is InChI=1S/C10H10N2O2.ClH/c11-7-12-9(10(13)14)6-8-4-2-1-3-5-8;/h1-5,9,12H,6H2,(H,13,14);1H/t9-;/m1./s1. The molecule has 0 heterocycles. The molecular weight excluding hydrogens is 216 g/mol. The van der Waals surface area contributed by atoms with Gasteiger partial charge in [0, 0.05) is 6.42 Å². The lowest BCUT2D eigenvalue weighted by Gasteiger charge is -2.09. The molecule has 0 saturated carbocycles. The molecule has 0 aliphatic heterocycles. The van der Waals surface area contributed by atoms with Crippen molar-refractivity contribution in [1.82, 2.24) is 5.32 Å². The van der Waals surface area contributed by atoms with Gasteiger partial charge in [-0.3, -0.25) is 0 Å². The summed E-state index contributed by atoms with van der Waals surface area (Å²) in [6, 6.07) is 8.34. The number of aliphatic carboxylic acids is 1. The molecule has 1 aromatic carbocycles. The smallest absolute Gasteiger partial charge is 0.327 e. The molecule has 2 N–H and O–H groups in total. The maximum atomic E-state index is 10.7. The first-order valence-corrected chi connectivity index (χ1v) is 4.15. The zero-order valence-electron chi connectivity index (χ0n) is 7.88. The van der Waals surface area contributed by atoms with E-state index in [1.807, 2.05) is 30.3 Å². The fraction of sp³-hybridized carbons (Fsp3) is 0.200. The van der Waals surface area contributed by atoms with Gasteiger partial charge in [0.05, 0.1) is 0 Å². The Morgan fingerprint density at radius 2 is 2.07 bits per heavy atom. The first kappa shape index (κ1) is 13.3. The topological polar surface area (TPSA) is 73.1 Å². The van der Waals surface area contributed by atoms with Crippen molar-refractivity contribution in [2.75, 3.05) is 0 Å². The summed E-state index contributed by atoms with van der Waals surface area (Å²) in [5.74, 6) is -1.02. The van der Waals surface area contributed by atoms with Gasteiger partial charge in [0.2, 0.25) is 0 Å². The maximum Gasteiger partial charge on any atom is 0.327 e. The highest BCUT2D eigenvalue weighted by Crippen LogP contribution is 2.02. The monoisotopic (exact) mass is 226 g/mol. The molecule has 1 atom stereocenters. The lowest BCUT2D eigenvalue weighted by atomic mass is 10.1. The largest absolute Gasteiger partial charge is 0.480 e. The van der Waals surface area contributed by atoms with Crippen LogP contribution in [0.1, 0.15) is 5.56 Å². The SMILES string of the molecule is Cl.N#CN[C@H](Cc1ccccc1)C(=O)O. The zero-order valence-corrected chi connectivity index (χ0v) is 8.70. The van der Waals surface area contributed by atoms with Gasteiger partial charge in [0.25, 0.3) is 0 Å². The minimum Gasteiger partial charge on any atom is -0.480 e. The van der Waals surface area contributed by atoms with Crippen molar-refractivity contribution in [3.8, 4) is 6.19 Å². The normalized spacial score (nSPS) is 10.6. The summed E-state index contributed by atoms with van der Waals surface area (Å²) in [4.78, 5) is 10.7. The van der Waals surface area contributed by atoms with E-state index in [4.69, 9.17) is 10.4 Å². The molecule has 0 aliphatic carbocycles. The number of halogens is 1. The minimum absolute atomic E-state index is 0. The number of carboxylic acid groups (broad SMARTS) is 1. The van der Waals surface area contributed by atoms with Crippen LogP contribution in [-0.2, 0) is 11.2 Å². The van der Waals surface area contributed by atoms with Crippen molar-refractivity contribution in [2.45, 2.75) is 12.5 Å². The Bertz CT molecular complexity index is 348.